The van der Waals surface area contributed by atoms with Crippen LogP contribution < -0.4 is 10.6 Å². The molecule has 5 nitrogen and oxygen atoms in total. The minimum atomic E-state index is -0.233. The van der Waals surface area contributed by atoms with Crippen LogP contribution in [0.1, 0.15) is 38.5 Å². The minimum absolute atomic E-state index is 0.0151. The molecule has 0 bridgehead atoms. The predicted molar refractivity (Wildman–Crippen MR) is 97.0 cm³/mol. The van der Waals surface area contributed by atoms with Gasteiger partial charge in [-0.1, -0.05) is 6.07 Å². The van der Waals surface area contributed by atoms with E-state index in [1.54, 1.807) is 11.3 Å². The number of hydrogen-bond donors (Lipinski definition) is 2. The third-order valence-corrected chi connectivity index (χ3v) is 6.01. The molecule has 0 radical (unpaired) electrons. The normalized spacial score (nSPS) is 13.4. The number of hydrogen-bond acceptors (Lipinski definition) is 5. The summed E-state index contributed by atoms with van der Waals surface area (Å²) in [6.07, 6.45) is 4.09. The van der Waals surface area contributed by atoms with Crippen LogP contribution in [0.5, 0.6) is 0 Å². The van der Waals surface area contributed by atoms with Crippen molar-refractivity contribution in [3.63, 3.8) is 0 Å². The van der Waals surface area contributed by atoms with E-state index in [1.165, 1.54) is 23.3 Å². The third-order valence-electron chi connectivity index (χ3n) is 3.93. The topological polar surface area (TPSA) is 67.4 Å². The third kappa shape index (κ3) is 3.85. The van der Waals surface area contributed by atoms with Crippen LogP contribution in [-0.2, 0) is 28.9 Å². The molecule has 0 saturated heterocycles. The molecular weight excluding hydrogens is 344 g/mol. The van der Waals surface area contributed by atoms with Crippen LogP contribution >= 0.6 is 22.7 Å². The summed E-state index contributed by atoms with van der Waals surface area (Å²) in [5.74, 6) is -0.348. The van der Waals surface area contributed by atoms with Crippen molar-refractivity contribution in [2.24, 2.45) is 0 Å². The molecule has 128 valence electrons. The maximum absolute atomic E-state index is 12.8. The maximum Gasteiger partial charge on any atom is 0.254 e. The van der Waals surface area contributed by atoms with E-state index in [0.717, 1.165) is 36.1 Å². The Bertz CT molecular complexity index is 723. The number of rotatable bonds is 6. The van der Waals surface area contributed by atoms with E-state index in [1.807, 2.05) is 17.5 Å². The van der Waals surface area contributed by atoms with Gasteiger partial charge in [-0.25, -0.2) is 0 Å². The SMILES string of the molecule is COCC(=O)Nc1sc2c(c1C(=O)NCc1cccs1)CCCC2. The fourth-order valence-corrected chi connectivity index (χ4v) is 4.80. The molecule has 2 amide bonds. The van der Waals surface area contributed by atoms with Crippen molar-refractivity contribution >= 4 is 39.5 Å². The number of aryl methyl sites for hydroxylation is 1. The van der Waals surface area contributed by atoms with Crippen LogP contribution in [0.15, 0.2) is 17.5 Å². The Labute approximate surface area is 149 Å². The summed E-state index contributed by atoms with van der Waals surface area (Å²) in [5.41, 5.74) is 1.73. The molecule has 3 rings (SSSR count). The van der Waals surface area contributed by atoms with Gasteiger partial charge in [0.15, 0.2) is 0 Å². The highest BCUT2D eigenvalue weighted by molar-refractivity contribution is 7.17. The highest BCUT2D eigenvalue weighted by Gasteiger charge is 2.26. The summed E-state index contributed by atoms with van der Waals surface area (Å²) in [7, 11) is 1.48. The van der Waals surface area contributed by atoms with Crippen LogP contribution in [0.3, 0.4) is 0 Å². The highest BCUT2D eigenvalue weighted by Crippen LogP contribution is 2.38. The van der Waals surface area contributed by atoms with E-state index in [2.05, 4.69) is 10.6 Å². The van der Waals surface area contributed by atoms with Crippen molar-refractivity contribution in [2.75, 3.05) is 19.0 Å². The maximum atomic E-state index is 12.8. The number of carbonyl (C=O) groups excluding carboxylic acids is 2. The number of fused-ring (bicyclic) bond motifs is 1. The zero-order valence-electron chi connectivity index (χ0n) is 13.5. The molecule has 1 aliphatic carbocycles. The second-order valence-electron chi connectivity index (χ2n) is 5.66. The number of anilines is 1. The van der Waals surface area contributed by atoms with E-state index in [4.69, 9.17) is 4.74 Å². The Morgan fingerprint density at radius 2 is 2.12 bits per heavy atom. The van der Waals surface area contributed by atoms with E-state index >= 15 is 0 Å². The lowest BCUT2D eigenvalue weighted by atomic mass is 9.95. The van der Waals surface area contributed by atoms with Gasteiger partial charge in [0, 0.05) is 16.9 Å². The molecule has 2 heterocycles. The average Bonchev–Trinajstić information content (AvgIpc) is 3.20. The lowest BCUT2D eigenvalue weighted by molar-refractivity contribution is -0.119. The first-order valence-electron chi connectivity index (χ1n) is 7.93. The average molecular weight is 364 g/mol. The molecule has 2 aromatic heterocycles. The molecule has 0 saturated carbocycles. The van der Waals surface area contributed by atoms with E-state index in [-0.39, 0.29) is 18.4 Å². The van der Waals surface area contributed by atoms with Crippen LogP contribution in [0.2, 0.25) is 0 Å². The van der Waals surface area contributed by atoms with Crippen LogP contribution in [0, 0.1) is 0 Å². The van der Waals surface area contributed by atoms with Crippen molar-refractivity contribution in [3.05, 3.63) is 38.4 Å². The molecule has 1 aliphatic rings. The fraction of sp³-hybridized carbons (Fsp3) is 0.412. The van der Waals surface area contributed by atoms with Gasteiger partial charge in [-0.3, -0.25) is 9.59 Å². The first-order chi connectivity index (χ1) is 11.7. The summed E-state index contributed by atoms with van der Waals surface area (Å²) < 4.78 is 4.87. The van der Waals surface area contributed by atoms with E-state index < -0.39 is 0 Å². The molecule has 2 aromatic rings. The Morgan fingerprint density at radius 3 is 2.88 bits per heavy atom. The summed E-state index contributed by atoms with van der Waals surface area (Å²) in [5, 5.41) is 8.45. The Balaban J connectivity index is 1.81. The standard InChI is InChI=1S/C17H20N2O3S2/c1-22-10-14(20)19-17-15(12-6-2-3-7-13(12)24-17)16(21)18-9-11-5-4-8-23-11/h4-5,8H,2-3,6-7,9-10H2,1H3,(H,18,21)(H,19,20). The number of carbonyl (C=O) groups is 2. The van der Waals surface area contributed by atoms with Crippen molar-refractivity contribution < 1.29 is 14.3 Å². The zero-order chi connectivity index (χ0) is 16.9. The van der Waals surface area contributed by atoms with Crippen LogP contribution in [0.25, 0.3) is 0 Å². The number of ether oxygens (including phenoxy) is 1. The Morgan fingerprint density at radius 1 is 1.29 bits per heavy atom. The van der Waals surface area contributed by atoms with Gasteiger partial charge in [0.25, 0.3) is 11.8 Å². The lowest BCUT2D eigenvalue weighted by Crippen LogP contribution is -2.25. The predicted octanol–water partition coefficient (Wildman–Crippen LogP) is 3.20. The van der Waals surface area contributed by atoms with Crippen molar-refractivity contribution in [2.45, 2.75) is 32.2 Å². The summed E-state index contributed by atoms with van der Waals surface area (Å²) >= 11 is 3.14. The number of amides is 2. The van der Waals surface area contributed by atoms with Crippen molar-refractivity contribution in [1.29, 1.82) is 0 Å². The van der Waals surface area contributed by atoms with Gasteiger partial charge in [0.2, 0.25) is 0 Å². The monoisotopic (exact) mass is 364 g/mol. The molecule has 0 spiro atoms. The highest BCUT2D eigenvalue weighted by atomic mass is 32.1. The largest absolute Gasteiger partial charge is 0.375 e. The van der Waals surface area contributed by atoms with E-state index in [0.29, 0.717) is 17.1 Å². The van der Waals surface area contributed by atoms with Gasteiger partial charge < -0.3 is 15.4 Å². The van der Waals surface area contributed by atoms with Gasteiger partial charge >= 0.3 is 0 Å². The zero-order valence-corrected chi connectivity index (χ0v) is 15.1. The van der Waals surface area contributed by atoms with Crippen molar-refractivity contribution in [1.82, 2.24) is 5.32 Å². The number of methoxy groups -OCH3 is 1. The first-order valence-corrected chi connectivity index (χ1v) is 9.62. The molecule has 7 heteroatoms. The number of thiophene rings is 2. The Kier molecular flexibility index (Phi) is 5.65. The van der Waals surface area contributed by atoms with Gasteiger partial charge in [-0.2, -0.15) is 0 Å². The smallest absolute Gasteiger partial charge is 0.254 e. The molecule has 0 aromatic carbocycles. The number of nitrogens with one attached hydrogen (secondary N) is 2. The molecule has 0 atom stereocenters. The van der Waals surface area contributed by atoms with Crippen LogP contribution in [0.4, 0.5) is 5.00 Å². The molecule has 0 aliphatic heterocycles. The molecular formula is C17H20N2O3S2. The summed E-state index contributed by atoms with van der Waals surface area (Å²) in [4.78, 5) is 27.0. The molecule has 24 heavy (non-hydrogen) atoms. The second kappa shape index (κ2) is 7.92. The molecule has 0 unspecified atom stereocenters. The van der Waals surface area contributed by atoms with Gasteiger partial charge in [-0.15, -0.1) is 22.7 Å². The molecule has 2 N–H and O–H groups in total. The lowest BCUT2D eigenvalue weighted by Gasteiger charge is -2.13. The first kappa shape index (κ1) is 17.1. The molecule has 0 fully saturated rings. The van der Waals surface area contributed by atoms with E-state index in [9.17, 15) is 9.59 Å². The quantitative estimate of drug-likeness (QED) is 0.827. The van der Waals surface area contributed by atoms with Gasteiger partial charge in [0.1, 0.15) is 11.6 Å². The van der Waals surface area contributed by atoms with Crippen molar-refractivity contribution in [3.8, 4) is 0 Å². The summed E-state index contributed by atoms with van der Waals surface area (Å²) in [6, 6.07) is 3.96. The summed E-state index contributed by atoms with van der Waals surface area (Å²) in [6.45, 7) is 0.491. The van der Waals surface area contributed by atoms with Gasteiger partial charge in [-0.05, 0) is 42.7 Å². The van der Waals surface area contributed by atoms with Crippen LogP contribution in [-0.4, -0.2) is 25.5 Å². The Hall–Kier alpha value is -1.70. The second-order valence-corrected chi connectivity index (χ2v) is 7.80. The van der Waals surface area contributed by atoms with Gasteiger partial charge in [0.05, 0.1) is 12.1 Å². The fourth-order valence-electron chi connectivity index (χ4n) is 2.86. The minimum Gasteiger partial charge on any atom is -0.375 e.